The third kappa shape index (κ3) is 8.38. The summed E-state index contributed by atoms with van der Waals surface area (Å²) in [5.41, 5.74) is 9.25. The van der Waals surface area contributed by atoms with Gasteiger partial charge >= 0.3 is 0 Å². The molecule has 1 fully saturated rings. The number of nitrogens with zero attached hydrogens (tertiary/aromatic N) is 2. The van der Waals surface area contributed by atoms with E-state index in [1.165, 1.54) is 0 Å². The Morgan fingerprint density at radius 3 is 2.40 bits per heavy atom. The van der Waals surface area contributed by atoms with E-state index in [0.29, 0.717) is 42.6 Å². The third-order valence-corrected chi connectivity index (χ3v) is 8.12. The summed E-state index contributed by atoms with van der Waals surface area (Å²) >= 11 is 12.4. The van der Waals surface area contributed by atoms with Crippen LogP contribution >= 0.6 is 23.2 Å². The smallest absolute Gasteiger partial charge is 0.245 e. The van der Waals surface area contributed by atoms with Crippen LogP contribution in [0.2, 0.25) is 10.0 Å². The number of piperazine rings is 1. The summed E-state index contributed by atoms with van der Waals surface area (Å²) < 4.78 is 5.23. The van der Waals surface area contributed by atoms with Crippen molar-refractivity contribution in [2.75, 3.05) is 44.7 Å². The maximum absolute atomic E-state index is 13.6. The van der Waals surface area contributed by atoms with Crippen molar-refractivity contribution >= 4 is 40.7 Å². The Morgan fingerprint density at radius 2 is 1.74 bits per heavy atom. The maximum Gasteiger partial charge on any atom is 0.245 e. The summed E-state index contributed by atoms with van der Waals surface area (Å²) in [7, 11) is 1.64. The second kappa shape index (κ2) is 15.3. The number of aliphatic hydroxyl groups is 1. The van der Waals surface area contributed by atoms with Crippen LogP contribution in [-0.2, 0) is 22.4 Å². The Kier molecular flexibility index (Phi) is 11.5. The number of benzene rings is 3. The molecule has 8 nitrogen and oxygen atoms in total. The predicted molar refractivity (Wildman–Crippen MR) is 167 cm³/mol. The molecule has 0 spiro atoms. The van der Waals surface area contributed by atoms with E-state index in [0.717, 1.165) is 34.5 Å². The first-order valence-corrected chi connectivity index (χ1v) is 14.9. The largest absolute Gasteiger partial charge is 0.497 e. The molecule has 2 atom stereocenters. The van der Waals surface area contributed by atoms with Gasteiger partial charge in [0.2, 0.25) is 11.8 Å². The molecule has 10 heteroatoms. The van der Waals surface area contributed by atoms with Crippen LogP contribution in [0.3, 0.4) is 0 Å². The lowest BCUT2D eigenvalue weighted by molar-refractivity contribution is -0.136. The van der Waals surface area contributed by atoms with Crippen molar-refractivity contribution in [1.29, 1.82) is 0 Å². The van der Waals surface area contributed by atoms with Gasteiger partial charge in [0.1, 0.15) is 11.8 Å². The molecule has 1 saturated heterocycles. The van der Waals surface area contributed by atoms with E-state index in [1.54, 1.807) is 30.2 Å². The number of amides is 2. The van der Waals surface area contributed by atoms with Crippen molar-refractivity contribution in [2.24, 2.45) is 5.73 Å². The number of carbonyl (C=O) groups is 2. The van der Waals surface area contributed by atoms with Gasteiger partial charge in [0.25, 0.3) is 0 Å². The molecule has 1 heterocycles. The van der Waals surface area contributed by atoms with Gasteiger partial charge in [-0.1, -0.05) is 59.6 Å². The minimum absolute atomic E-state index is 0.128. The van der Waals surface area contributed by atoms with Gasteiger partial charge in [-0.2, -0.15) is 0 Å². The number of halogens is 2. The lowest BCUT2D eigenvalue weighted by atomic mass is 9.99. The highest BCUT2D eigenvalue weighted by Gasteiger charge is 2.30. The summed E-state index contributed by atoms with van der Waals surface area (Å²) in [4.78, 5) is 30.0. The monoisotopic (exact) mass is 612 g/mol. The van der Waals surface area contributed by atoms with Gasteiger partial charge in [0.05, 0.1) is 13.2 Å². The highest BCUT2D eigenvalue weighted by molar-refractivity contribution is 6.35. The molecule has 224 valence electrons. The number of nitrogens with two attached hydrogens (primary N) is 1. The van der Waals surface area contributed by atoms with Crippen molar-refractivity contribution in [1.82, 2.24) is 10.2 Å². The molecule has 3 aromatic rings. The van der Waals surface area contributed by atoms with E-state index in [4.69, 9.17) is 33.7 Å². The molecular weight excluding hydrogens is 575 g/mol. The predicted octanol–water partition coefficient (Wildman–Crippen LogP) is 4.39. The Labute approximate surface area is 257 Å². The number of rotatable bonds is 12. The minimum Gasteiger partial charge on any atom is -0.497 e. The van der Waals surface area contributed by atoms with Gasteiger partial charge in [-0.05, 0) is 54.3 Å². The number of nitrogens with one attached hydrogen (secondary N) is 1. The number of para-hydroxylation sites is 1. The molecule has 2 amide bonds. The first-order chi connectivity index (χ1) is 20.3. The van der Waals surface area contributed by atoms with E-state index in [-0.39, 0.29) is 31.2 Å². The second-order valence-corrected chi connectivity index (χ2v) is 11.2. The van der Waals surface area contributed by atoms with E-state index in [1.807, 2.05) is 48.5 Å². The van der Waals surface area contributed by atoms with E-state index < -0.39 is 12.1 Å². The van der Waals surface area contributed by atoms with Crippen molar-refractivity contribution in [3.05, 3.63) is 93.5 Å². The highest BCUT2D eigenvalue weighted by Crippen LogP contribution is 2.30. The van der Waals surface area contributed by atoms with Gasteiger partial charge in [-0.15, -0.1) is 0 Å². The summed E-state index contributed by atoms with van der Waals surface area (Å²) in [5.74, 6) is 0.358. The van der Waals surface area contributed by atoms with Crippen LogP contribution in [-0.4, -0.2) is 67.7 Å². The molecule has 0 radical (unpaired) electrons. The first-order valence-electron chi connectivity index (χ1n) is 14.2. The first kappa shape index (κ1) is 31.6. The van der Waals surface area contributed by atoms with Crippen LogP contribution in [0, 0.1) is 0 Å². The molecular formula is C32H38Cl2N4O4. The van der Waals surface area contributed by atoms with Crippen LogP contribution < -0.4 is 20.7 Å². The van der Waals surface area contributed by atoms with Crippen LogP contribution in [0.15, 0.2) is 66.7 Å². The fraction of sp³-hybridized carbons (Fsp3) is 0.375. The SMILES string of the molecule is COc1ccc(CCC(O)c2ccccc2N2CCN(C(=O)[C@@H](Cc3ccc(Cl)cc3Cl)NC(=O)CCN)CC2)cc1. The summed E-state index contributed by atoms with van der Waals surface area (Å²) in [6, 6.07) is 20.1. The number of hydrogen-bond donors (Lipinski definition) is 3. The Balaban J connectivity index is 1.40. The van der Waals surface area contributed by atoms with E-state index in [2.05, 4.69) is 10.2 Å². The standard InChI is InChI=1S/C32H38Cl2N4O4/c1-42-25-11-6-22(7-12-25)8-13-30(39)26-4-2-3-5-29(26)37-16-18-38(19-17-37)32(41)28(36-31(40)14-15-35)20-23-9-10-24(33)21-27(23)34/h2-7,9-12,21,28,30,39H,8,13-20,35H2,1H3,(H,36,40)/t28-,30?/m1/s1. The van der Waals surface area contributed by atoms with Crippen LogP contribution in [0.25, 0.3) is 0 Å². The molecule has 4 N–H and O–H groups in total. The van der Waals surface area contributed by atoms with Crippen LogP contribution in [0.1, 0.15) is 35.6 Å². The average Bonchev–Trinajstić information content (AvgIpc) is 3.01. The molecule has 42 heavy (non-hydrogen) atoms. The lowest BCUT2D eigenvalue weighted by Gasteiger charge is -2.39. The van der Waals surface area contributed by atoms with Crippen LogP contribution in [0.4, 0.5) is 5.69 Å². The molecule has 3 aromatic carbocycles. The number of hydrogen-bond acceptors (Lipinski definition) is 6. The number of methoxy groups -OCH3 is 1. The van der Waals surface area contributed by atoms with E-state index in [9.17, 15) is 14.7 Å². The van der Waals surface area contributed by atoms with Gasteiger partial charge < -0.3 is 30.7 Å². The topological polar surface area (TPSA) is 108 Å². The average molecular weight is 614 g/mol. The number of carbonyl (C=O) groups excluding carboxylic acids is 2. The number of aryl methyl sites for hydroxylation is 1. The van der Waals surface area contributed by atoms with Gasteiger partial charge in [0.15, 0.2) is 0 Å². The fourth-order valence-corrected chi connectivity index (χ4v) is 5.69. The number of anilines is 1. The van der Waals surface area contributed by atoms with Crippen molar-refractivity contribution in [3.63, 3.8) is 0 Å². The molecule has 1 aliphatic rings. The zero-order valence-electron chi connectivity index (χ0n) is 23.8. The summed E-state index contributed by atoms with van der Waals surface area (Å²) in [6.07, 6.45) is 1.06. The maximum atomic E-state index is 13.6. The summed E-state index contributed by atoms with van der Waals surface area (Å²) in [6.45, 7) is 2.34. The lowest BCUT2D eigenvalue weighted by Crippen LogP contribution is -2.56. The Bertz CT molecular complexity index is 1350. The second-order valence-electron chi connectivity index (χ2n) is 10.4. The number of ether oxygens (including phenoxy) is 1. The molecule has 4 rings (SSSR count). The molecule has 0 aliphatic carbocycles. The van der Waals surface area contributed by atoms with Gasteiger partial charge in [0, 0.05) is 66.9 Å². The molecule has 0 bridgehead atoms. The normalized spacial score (nSPS) is 14.8. The van der Waals surface area contributed by atoms with Gasteiger partial charge in [-0.3, -0.25) is 9.59 Å². The van der Waals surface area contributed by atoms with Gasteiger partial charge in [-0.25, -0.2) is 0 Å². The van der Waals surface area contributed by atoms with Crippen molar-refractivity contribution < 1.29 is 19.4 Å². The molecule has 1 aliphatic heterocycles. The van der Waals surface area contributed by atoms with Crippen LogP contribution in [0.5, 0.6) is 5.75 Å². The van der Waals surface area contributed by atoms with Crippen molar-refractivity contribution in [3.8, 4) is 5.75 Å². The third-order valence-electron chi connectivity index (χ3n) is 7.54. The van der Waals surface area contributed by atoms with E-state index >= 15 is 0 Å². The Hall–Kier alpha value is -3.30. The number of aliphatic hydroxyl groups excluding tert-OH is 1. The van der Waals surface area contributed by atoms with Crippen molar-refractivity contribution in [2.45, 2.75) is 37.8 Å². The minimum atomic E-state index is -0.777. The summed E-state index contributed by atoms with van der Waals surface area (Å²) in [5, 5.41) is 14.9. The molecule has 1 unspecified atom stereocenters. The quantitative estimate of drug-likeness (QED) is 0.280. The molecule has 0 saturated carbocycles. The fourth-order valence-electron chi connectivity index (χ4n) is 5.20. The highest BCUT2D eigenvalue weighted by atomic mass is 35.5. The zero-order valence-corrected chi connectivity index (χ0v) is 25.3. The molecule has 0 aromatic heterocycles. The Morgan fingerprint density at radius 1 is 1.02 bits per heavy atom. The zero-order chi connectivity index (χ0) is 30.1.